The largest absolute Gasteiger partial charge is 0.497 e. The summed E-state index contributed by atoms with van der Waals surface area (Å²) in [5, 5.41) is 3.84. The van der Waals surface area contributed by atoms with Crippen molar-refractivity contribution in [2.75, 3.05) is 7.11 Å². The third kappa shape index (κ3) is 3.73. The molecule has 0 aliphatic rings. The zero-order chi connectivity index (χ0) is 12.0. The molecule has 0 radical (unpaired) electrons. The van der Waals surface area contributed by atoms with Crippen LogP contribution in [-0.2, 0) is 0 Å². The third-order valence-electron chi connectivity index (χ3n) is 1.87. The van der Waals surface area contributed by atoms with Gasteiger partial charge in [-0.05, 0) is 24.1 Å². The number of ether oxygens (including phenoxy) is 1. The lowest BCUT2D eigenvalue weighted by Crippen LogP contribution is -2.17. The Morgan fingerprint density at radius 1 is 1.50 bits per heavy atom. The Balaban J connectivity index is 2.65. The maximum atomic E-state index is 11.6. The highest BCUT2D eigenvalue weighted by atomic mass is 16.5. The van der Waals surface area contributed by atoms with Gasteiger partial charge in [-0.25, -0.2) is 5.43 Å². The van der Waals surface area contributed by atoms with Gasteiger partial charge in [-0.3, -0.25) is 4.79 Å². The van der Waals surface area contributed by atoms with Crippen molar-refractivity contribution < 1.29 is 9.53 Å². The first kappa shape index (κ1) is 12.2. The molecule has 16 heavy (non-hydrogen) atoms. The summed E-state index contributed by atoms with van der Waals surface area (Å²) in [4.78, 5) is 11.6. The van der Waals surface area contributed by atoms with Gasteiger partial charge in [0.15, 0.2) is 0 Å². The molecule has 0 aromatic heterocycles. The summed E-state index contributed by atoms with van der Waals surface area (Å²) >= 11 is 0. The van der Waals surface area contributed by atoms with Crippen LogP contribution in [0.25, 0.3) is 0 Å². The molecular weight excluding hydrogens is 204 g/mol. The van der Waals surface area contributed by atoms with Crippen LogP contribution in [-0.4, -0.2) is 19.2 Å². The molecule has 4 nitrogen and oxygen atoms in total. The number of benzene rings is 1. The predicted molar refractivity (Wildman–Crippen MR) is 63.8 cm³/mol. The molecule has 1 amide bonds. The Bertz CT molecular complexity index is 386. The molecule has 0 aliphatic carbocycles. The number of hydrazone groups is 1. The van der Waals surface area contributed by atoms with Crippen LogP contribution < -0.4 is 10.2 Å². The van der Waals surface area contributed by atoms with Crippen molar-refractivity contribution in [2.24, 2.45) is 11.0 Å². The van der Waals surface area contributed by atoms with Gasteiger partial charge < -0.3 is 4.74 Å². The summed E-state index contributed by atoms with van der Waals surface area (Å²) in [6, 6.07) is 6.93. The monoisotopic (exact) mass is 220 g/mol. The summed E-state index contributed by atoms with van der Waals surface area (Å²) < 4.78 is 5.03. The van der Waals surface area contributed by atoms with Crippen LogP contribution in [0.2, 0.25) is 0 Å². The van der Waals surface area contributed by atoms with Crippen LogP contribution in [0.5, 0.6) is 5.75 Å². The lowest BCUT2D eigenvalue weighted by molar-refractivity contribution is 0.0954. The molecule has 0 saturated heterocycles. The smallest absolute Gasteiger partial charge is 0.271 e. The van der Waals surface area contributed by atoms with Gasteiger partial charge in [-0.2, -0.15) is 5.10 Å². The molecule has 0 bridgehead atoms. The summed E-state index contributed by atoms with van der Waals surface area (Å²) in [7, 11) is 1.56. The molecule has 86 valence electrons. The van der Waals surface area contributed by atoms with Crippen LogP contribution in [0.3, 0.4) is 0 Å². The number of hydrogen-bond donors (Lipinski definition) is 1. The average molecular weight is 220 g/mol. The molecule has 0 saturated carbocycles. The fourth-order valence-corrected chi connectivity index (χ4v) is 1.07. The number of nitrogens with zero attached hydrogens (tertiary/aromatic N) is 1. The lowest BCUT2D eigenvalue weighted by Gasteiger charge is -2.03. The number of carbonyl (C=O) groups is 1. The molecule has 1 N–H and O–H groups in total. The zero-order valence-corrected chi connectivity index (χ0v) is 9.73. The first-order chi connectivity index (χ1) is 7.63. The number of hydrogen-bond acceptors (Lipinski definition) is 3. The number of rotatable bonds is 4. The molecule has 0 unspecified atom stereocenters. The van der Waals surface area contributed by atoms with Gasteiger partial charge in [0.1, 0.15) is 5.75 Å². The first-order valence-corrected chi connectivity index (χ1v) is 5.11. The van der Waals surface area contributed by atoms with Crippen molar-refractivity contribution in [1.82, 2.24) is 5.43 Å². The molecule has 0 aliphatic heterocycles. The third-order valence-corrected chi connectivity index (χ3v) is 1.87. The lowest BCUT2D eigenvalue weighted by atomic mass is 10.2. The predicted octanol–water partition coefficient (Wildman–Crippen LogP) is 2.07. The molecule has 0 spiro atoms. The van der Waals surface area contributed by atoms with E-state index in [-0.39, 0.29) is 5.91 Å². The fraction of sp³-hybridized carbons (Fsp3) is 0.333. The first-order valence-electron chi connectivity index (χ1n) is 5.11. The van der Waals surface area contributed by atoms with Crippen LogP contribution in [0.15, 0.2) is 29.4 Å². The molecule has 4 heteroatoms. The van der Waals surface area contributed by atoms with Gasteiger partial charge in [0, 0.05) is 11.8 Å². The zero-order valence-electron chi connectivity index (χ0n) is 9.73. The van der Waals surface area contributed by atoms with Crippen LogP contribution in [0, 0.1) is 5.92 Å². The minimum atomic E-state index is -0.240. The van der Waals surface area contributed by atoms with E-state index in [2.05, 4.69) is 10.5 Å². The Hall–Kier alpha value is -1.84. The van der Waals surface area contributed by atoms with E-state index in [4.69, 9.17) is 4.74 Å². The van der Waals surface area contributed by atoms with Crippen molar-refractivity contribution in [3.05, 3.63) is 29.8 Å². The maximum absolute atomic E-state index is 11.6. The second kappa shape index (κ2) is 5.90. The summed E-state index contributed by atoms with van der Waals surface area (Å²) in [5.74, 6) is 0.724. The average Bonchev–Trinajstić information content (AvgIpc) is 2.28. The van der Waals surface area contributed by atoms with Crippen LogP contribution in [0.1, 0.15) is 24.2 Å². The molecule has 1 rings (SSSR count). The van der Waals surface area contributed by atoms with E-state index < -0.39 is 0 Å². The van der Waals surface area contributed by atoms with E-state index >= 15 is 0 Å². The summed E-state index contributed by atoms with van der Waals surface area (Å²) in [5.41, 5.74) is 2.98. The normalized spacial score (nSPS) is 10.8. The van der Waals surface area contributed by atoms with Crippen LogP contribution in [0.4, 0.5) is 0 Å². The van der Waals surface area contributed by atoms with Gasteiger partial charge in [-0.15, -0.1) is 0 Å². The van der Waals surface area contributed by atoms with Gasteiger partial charge >= 0.3 is 0 Å². The van der Waals surface area contributed by atoms with Crippen molar-refractivity contribution in [1.29, 1.82) is 0 Å². The van der Waals surface area contributed by atoms with E-state index in [1.807, 2.05) is 13.8 Å². The van der Waals surface area contributed by atoms with Crippen LogP contribution >= 0.6 is 0 Å². The highest BCUT2D eigenvalue weighted by molar-refractivity contribution is 5.94. The van der Waals surface area contributed by atoms with E-state index in [0.717, 1.165) is 0 Å². The van der Waals surface area contributed by atoms with Crippen molar-refractivity contribution >= 4 is 12.1 Å². The Kier molecular flexibility index (Phi) is 4.51. The molecule has 0 heterocycles. The van der Waals surface area contributed by atoms with Crippen molar-refractivity contribution in [3.63, 3.8) is 0 Å². The van der Waals surface area contributed by atoms with Crippen molar-refractivity contribution in [2.45, 2.75) is 13.8 Å². The topological polar surface area (TPSA) is 50.7 Å². The standard InChI is InChI=1S/C12H16N2O2/c1-9(2)8-13-14-12(15)10-5-4-6-11(7-10)16-3/h4-9H,1-3H3,(H,14,15)/b13-8-. The SMILES string of the molecule is COc1cccc(C(=O)N/N=C\C(C)C)c1. The second-order valence-electron chi connectivity index (χ2n) is 3.70. The fourth-order valence-electron chi connectivity index (χ4n) is 1.07. The van der Waals surface area contributed by atoms with Gasteiger partial charge in [0.25, 0.3) is 5.91 Å². The van der Waals surface area contributed by atoms with E-state index in [1.54, 1.807) is 37.6 Å². The maximum Gasteiger partial charge on any atom is 0.271 e. The molecule has 0 fully saturated rings. The Morgan fingerprint density at radius 2 is 2.25 bits per heavy atom. The highest BCUT2D eigenvalue weighted by Crippen LogP contribution is 2.12. The summed E-state index contributed by atoms with van der Waals surface area (Å²) in [6.45, 7) is 3.97. The number of carbonyl (C=O) groups excluding carboxylic acids is 1. The van der Waals surface area contributed by atoms with Gasteiger partial charge in [-0.1, -0.05) is 19.9 Å². The Morgan fingerprint density at radius 3 is 2.88 bits per heavy atom. The minimum Gasteiger partial charge on any atom is -0.497 e. The van der Waals surface area contributed by atoms with Crippen molar-refractivity contribution in [3.8, 4) is 5.75 Å². The quantitative estimate of drug-likeness (QED) is 0.623. The second-order valence-corrected chi connectivity index (χ2v) is 3.70. The minimum absolute atomic E-state index is 0.240. The van der Waals surface area contributed by atoms with Gasteiger partial charge in [0.05, 0.1) is 7.11 Å². The molecular formula is C12H16N2O2. The number of amides is 1. The Labute approximate surface area is 95.3 Å². The molecule has 1 aromatic rings. The molecule has 0 atom stereocenters. The number of methoxy groups -OCH3 is 1. The van der Waals surface area contributed by atoms with Gasteiger partial charge in [0.2, 0.25) is 0 Å². The number of nitrogens with one attached hydrogen (secondary N) is 1. The highest BCUT2D eigenvalue weighted by Gasteiger charge is 2.04. The molecule has 1 aromatic carbocycles. The van der Waals surface area contributed by atoms with E-state index in [1.165, 1.54) is 0 Å². The summed E-state index contributed by atoms with van der Waals surface area (Å²) in [6.07, 6.45) is 1.68. The van der Waals surface area contributed by atoms with E-state index in [0.29, 0.717) is 17.2 Å². The van der Waals surface area contributed by atoms with E-state index in [9.17, 15) is 4.79 Å².